The molecule has 88 valence electrons. The van der Waals surface area contributed by atoms with E-state index in [4.69, 9.17) is 4.74 Å². The van der Waals surface area contributed by atoms with Crippen LogP contribution in [0.15, 0.2) is 12.5 Å². The Hall–Kier alpha value is -0.700. The van der Waals surface area contributed by atoms with Gasteiger partial charge in [0.05, 0.1) is 12.2 Å². The van der Waals surface area contributed by atoms with Gasteiger partial charge in [0.2, 0.25) is 0 Å². The summed E-state index contributed by atoms with van der Waals surface area (Å²) < 4.78 is 5.54. The van der Waals surface area contributed by atoms with Crippen LogP contribution < -0.4 is 0 Å². The molecule has 1 rings (SSSR count). The lowest BCUT2D eigenvalue weighted by atomic mass is 9.95. The van der Waals surface area contributed by atoms with Crippen molar-refractivity contribution >= 4 is 0 Å². The van der Waals surface area contributed by atoms with Gasteiger partial charge in [0, 0.05) is 13.1 Å². The van der Waals surface area contributed by atoms with Crippen molar-refractivity contribution in [3.05, 3.63) is 12.5 Å². The number of rotatable bonds is 5. The van der Waals surface area contributed by atoms with Crippen molar-refractivity contribution in [1.82, 2.24) is 4.90 Å². The number of nitrogens with zero attached hydrogens (tertiary/aromatic N) is 1. The van der Waals surface area contributed by atoms with Gasteiger partial charge in [-0.05, 0) is 32.8 Å². The molecule has 0 radical (unpaired) electrons. The highest BCUT2D eigenvalue weighted by molar-refractivity contribution is 4.92. The zero-order chi connectivity index (χ0) is 11.3. The quantitative estimate of drug-likeness (QED) is 0.561. The third-order valence-electron chi connectivity index (χ3n) is 2.79. The Morgan fingerprint density at radius 3 is 2.93 bits per heavy atom. The van der Waals surface area contributed by atoms with Crippen molar-refractivity contribution in [2.24, 2.45) is 0 Å². The first-order valence-electron chi connectivity index (χ1n) is 5.84. The molecule has 3 heteroatoms. The maximum atomic E-state index is 9.93. The second-order valence-corrected chi connectivity index (χ2v) is 4.62. The molecule has 0 spiro atoms. The summed E-state index contributed by atoms with van der Waals surface area (Å²) in [5.74, 6) is 0.712. The van der Waals surface area contributed by atoms with E-state index in [0.717, 1.165) is 38.8 Å². The molecule has 1 aliphatic heterocycles. The van der Waals surface area contributed by atoms with Crippen molar-refractivity contribution < 1.29 is 9.84 Å². The molecule has 1 unspecified atom stereocenters. The van der Waals surface area contributed by atoms with Gasteiger partial charge < -0.3 is 14.7 Å². The molecule has 1 fully saturated rings. The number of ether oxygens (including phenoxy) is 1. The highest BCUT2D eigenvalue weighted by Gasteiger charge is 2.29. The maximum Gasteiger partial charge on any atom is 0.181 e. The summed E-state index contributed by atoms with van der Waals surface area (Å²) in [6, 6.07) is 0. The number of hydrogen-bond acceptors (Lipinski definition) is 3. The lowest BCUT2D eigenvalue weighted by Gasteiger charge is -2.38. The summed E-state index contributed by atoms with van der Waals surface area (Å²) in [7, 11) is 0. The number of hydrogen-bond donors (Lipinski definition) is 1. The lowest BCUT2D eigenvalue weighted by molar-refractivity contribution is -0.0270. The van der Waals surface area contributed by atoms with Crippen LogP contribution in [0.4, 0.5) is 0 Å². The second kappa shape index (κ2) is 5.40. The minimum atomic E-state index is -0.588. The fraction of sp³-hybridized carbons (Fsp3) is 0.833. The van der Waals surface area contributed by atoms with Crippen LogP contribution in [0.25, 0.3) is 0 Å². The lowest BCUT2D eigenvalue weighted by Crippen LogP contribution is -2.45. The normalized spacial score (nSPS) is 26.5. The van der Waals surface area contributed by atoms with Crippen molar-refractivity contribution in [3.8, 4) is 0 Å². The summed E-state index contributed by atoms with van der Waals surface area (Å²) in [6.45, 7) is 10.2. The predicted molar refractivity (Wildman–Crippen MR) is 61.4 cm³/mol. The van der Waals surface area contributed by atoms with E-state index in [9.17, 15) is 5.11 Å². The van der Waals surface area contributed by atoms with Gasteiger partial charge in [-0.25, -0.2) is 0 Å². The molecule has 15 heavy (non-hydrogen) atoms. The summed E-state index contributed by atoms with van der Waals surface area (Å²) in [5, 5.41) is 9.93. The zero-order valence-corrected chi connectivity index (χ0v) is 9.96. The molecule has 1 N–H and O–H groups in total. The van der Waals surface area contributed by atoms with Gasteiger partial charge in [-0.2, -0.15) is 0 Å². The average Bonchev–Trinajstić information content (AvgIpc) is 2.16. The van der Waals surface area contributed by atoms with Crippen molar-refractivity contribution in [2.45, 2.75) is 45.1 Å². The third kappa shape index (κ3) is 4.12. The number of piperidine rings is 1. The molecule has 0 aromatic carbocycles. The second-order valence-electron chi connectivity index (χ2n) is 4.62. The zero-order valence-electron chi connectivity index (χ0n) is 9.96. The van der Waals surface area contributed by atoms with Crippen molar-refractivity contribution in [3.63, 3.8) is 0 Å². The van der Waals surface area contributed by atoms with Crippen LogP contribution in [0.1, 0.15) is 39.5 Å². The van der Waals surface area contributed by atoms with Crippen LogP contribution in [-0.4, -0.2) is 35.3 Å². The minimum Gasteiger partial charge on any atom is -0.479 e. The van der Waals surface area contributed by atoms with E-state index in [-0.39, 0.29) is 0 Å². The summed E-state index contributed by atoms with van der Waals surface area (Å²) in [4.78, 5) is 2.04. The monoisotopic (exact) mass is 213 g/mol. The first kappa shape index (κ1) is 12.4. The van der Waals surface area contributed by atoms with Crippen LogP contribution >= 0.6 is 0 Å². The fourth-order valence-corrected chi connectivity index (χ4v) is 1.86. The van der Waals surface area contributed by atoms with E-state index in [2.05, 4.69) is 13.5 Å². The molecular formula is C12H23NO2. The van der Waals surface area contributed by atoms with E-state index >= 15 is 0 Å². The molecule has 0 bridgehead atoms. The molecular weight excluding hydrogens is 190 g/mol. The van der Waals surface area contributed by atoms with Gasteiger partial charge in [0.1, 0.15) is 0 Å². The smallest absolute Gasteiger partial charge is 0.181 e. The Kier molecular flexibility index (Phi) is 4.45. The summed E-state index contributed by atoms with van der Waals surface area (Å²) in [5.41, 5.74) is -0.588. The molecule has 1 atom stereocenters. The Labute approximate surface area is 92.7 Å². The van der Waals surface area contributed by atoms with E-state index in [1.54, 1.807) is 0 Å². The number of aliphatic hydroxyl groups is 1. The molecule has 3 nitrogen and oxygen atoms in total. The number of likely N-dealkylation sites (tertiary alicyclic amines) is 1. The molecule has 0 saturated carbocycles. The predicted octanol–water partition coefficient (Wildman–Crippen LogP) is 2.12. The van der Waals surface area contributed by atoms with Crippen molar-refractivity contribution in [2.75, 3.05) is 19.7 Å². The first-order chi connectivity index (χ1) is 7.05. The Morgan fingerprint density at radius 2 is 2.33 bits per heavy atom. The van der Waals surface area contributed by atoms with Gasteiger partial charge >= 0.3 is 0 Å². The molecule has 1 heterocycles. The summed E-state index contributed by atoms with van der Waals surface area (Å²) >= 11 is 0. The Balaban J connectivity index is 2.32. The Bertz CT molecular complexity index is 214. The number of β-amino-alcohol motifs (C(OH)–C–C–N with tert-alkyl or cyclic N) is 1. The summed E-state index contributed by atoms with van der Waals surface area (Å²) in [6.07, 6.45) is 4.06. The van der Waals surface area contributed by atoms with E-state index in [1.165, 1.54) is 0 Å². The van der Waals surface area contributed by atoms with Gasteiger partial charge in [-0.1, -0.05) is 13.3 Å². The minimum absolute atomic E-state index is 0.588. The van der Waals surface area contributed by atoms with Gasteiger partial charge in [0.25, 0.3) is 0 Å². The molecule has 0 aliphatic carbocycles. The van der Waals surface area contributed by atoms with E-state index < -0.39 is 5.60 Å². The average molecular weight is 213 g/mol. The van der Waals surface area contributed by atoms with Crippen LogP contribution in [0.5, 0.6) is 0 Å². The SMILES string of the molecule is C=C(OCCCC)N1CCCC(C)(O)C1. The molecule has 0 amide bonds. The largest absolute Gasteiger partial charge is 0.479 e. The number of unbranched alkanes of at least 4 members (excludes halogenated alkanes) is 1. The Morgan fingerprint density at radius 1 is 1.60 bits per heavy atom. The van der Waals surface area contributed by atoms with E-state index in [1.807, 2.05) is 11.8 Å². The maximum absolute atomic E-state index is 9.93. The van der Waals surface area contributed by atoms with Gasteiger partial charge in [-0.3, -0.25) is 0 Å². The highest BCUT2D eigenvalue weighted by atomic mass is 16.5. The van der Waals surface area contributed by atoms with Crippen molar-refractivity contribution in [1.29, 1.82) is 0 Å². The fourth-order valence-electron chi connectivity index (χ4n) is 1.86. The topological polar surface area (TPSA) is 32.7 Å². The van der Waals surface area contributed by atoms with Crippen LogP contribution in [0.2, 0.25) is 0 Å². The molecule has 1 aliphatic rings. The first-order valence-corrected chi connectivity index (χ1v) is 5.84. The highest BCUT2D eigenvalue weighted by Crippen LogP contribution is 2.23. The van der Waals surface area contributed by atoms with Gasteiger partial charge in [0.15, 0.2) is 5.88 Å². The standard InChI is InChI=1S/C12H23NO2/c1-4-5-9-15-11(2)13-8-6-7-12(3,14)10-13/h14H,2,4-10H2,1,3H3. The molecule has 0 aromatic rings. The van der Waals surface area contributed by atoms with Gasteiger partial charge in [-0.15, -0.1) is 0 Å². The van der Waals surface area contributed by atoms with Crippen LogP contribution in [0, 0.1) is 0 Å². The molecule has 1 saturated heterocycles. The molecule has 0 aromatic heterocycles. The van der Waals surface area contributed by atoms with E-state index in [0.29, 0.717) is 12.4 Å². The van der Waals surface area contributed by atoms with Crippen LogP contribution in [0.3, 0.4) is 0 Å². The third-order valence-corrected chi connectivity index (χ3v) is 2.79. The van der Waals surface area contributed by atoms with Crippen LogP contribution in [-0.2, 0) is 4.74 Å².